The maximum Gasteiger partial charge on any atom is 0.339 e. The number of furan rings is 1. The summed E-state index contributed by atoms with van der Waals surface area (Å²) in [6.45, 7) is 1.56. The van der Waals surface area contributed by atoms with Gasteiger partial charge in [0.2, 0.25) is 5.78 Å². The Morgan fingerprint density at radius 2 is 1.85 bits per heavy atom. The van der Waals surface area contributed by atoms with Crippen LogP contribution < -0.4 is 0 Å². The summed E-state index contributed by atoms with van der Waals surface area (Å²) in [6, 6.07) is 11.1. The molecule has 7 heteroatoms. The molecule has 2 N–H and O–H groups in total. The molecule has 2 aromatic heterocycles. The van der Waals surface area contributed by atoms with E-state index in [0.29, 0.717) is 20.9 Å². The Bertz CT molecular complexity index is 997. The molecule has 3 rings (SSSR count). The standard InChI is InChI=1S/C19H14O6S/c1-10(18(21)22)14-5-6-15(26-14)16(20)11-3-2-4-12(9-11)17-13(19(23)24)7-8-25-17/h2-10H,1H3,(H,21,22)(H,23,24). The lowest BCUT2D eigenvalue weighted by Crippen LogP contribution is -2.05. The maximum absolute atomic E-state index is 12.7. The van der Waals surface area contributed by atoms with Gasteiger partial charge in [0.25, 0.3) is 0 Å². The van der Waals surface area contributed by atoms with Gasteiger partial charge in [-0.15, -0.1) is 11.3 Å². The number of thiophene rings is 1. The molecule has 2 heterocycles. The van der Waals surface area contributed by atoms with Crippen LogP contribution in [0.1, 0.15) is 43.3 Å². The number of carbonyl (C=O) groups is 3. The highest BCUT2D eigenvalue weighted by atomic mass is 32.1. The first-order valence-electron chi connectivity index (χ1n) is 7.67. The van der Waals surface area contributed by atoms with Gasteiger partial charge in [-0.1, -0.05) is 18.2 Å². The minimum atomic E-state index is -1.11. The first-order valence-corrected chi connectivity index (χ1v) is 8.48. The van der Waals surface area contributed by atoms with Crippen molar-refractivity contribution in [3.63, 3.8) is 0 Å². The highest BCUT2D eigenvalue weighted by Gasteiger charge is 2.20. The zero-order valence-electron chi connectivity index (χ0n) is 13.6. The van der Waals surface area contributed by atoms with Crippen LogP contribution in [0, 0.1) is 0 Å². The lowest BCUT2D eigenvalue weighted by atomic mass is 10.0. The first-order chi connectivity index (χ1) is 12.4. The average molecular weight is 370 g/mol. The number of carboxylic acids is 2. The molecule has 0 aliphatic rings. The van der Waals surface area contributed by atoms with Crippen molar-refractivity contribution in [2.24, 2.45) is 0 Å². The van der Waals surface area contributed by atoms with Crippen molar-refractivity contribution in [1.82, 2.24) is 0 Å². The van der Waals surface area contributed by atoms with E-state index in [0.717, 1.165) is 11.3 Å². The SMILES string of the molecule is CC(C(=O)O)c1ccc(C(=O)c2cccc(-c3occc3C(=O)O)c2)s1. The molecule has 26 heavy (non-hydrogen) atoms. The van der Waals surface area contributed by atoms with E-state index < -0.39 is 17.9 Å². The fraction of sp³-hybridized carbons (Fsp3) is 0.105. The molecule has 0 aliphatic carbocycles. The van der Waals surface area contributed by atoms with Crippen molar-refractivity contribution in [3.05, 3.63) is 69.6 Å². The summed E-state index contributed by atoms with van der Waals surface area (Å²) in [7, 11) is 0. The third-order valence-corrected chi connectivity index (χ3v) is 5.20. The van der Waals surface area contributed by atoms with Gasteiger partial charge in [0.15, 0.2) is 0 Å². The summed E-state index contributed by atoms with van der Waals surface area (Å²) in [5.74, 6) is -2.83. The topological polar surface area (TPSA) is 105 Å². The lowest BCUT2D eigenvalue weighted by molar-refractivity contribution is -0.138. The quantitative estimate of drug-likeness (QED) is 0.632. The number of hydrogen-bond acceptors (Lipinski definition) is 5. The first kappa shape index (κ1) is 17.6. The number of carbonyl (C=O) groups excluding carboxylic acids is 1. The lowest BCUT2D eigenvalue weighted by Gasteiger charge is -2.04. The largest absolute Gasteiger partial charge is 0.481 e. The summed E-state index contributed by atoms with van der Waals surface area (Å²) < 4.78 is 5.26. The van der Waals surface area contributed by atoms with Gasteiger partial charge >= 0.3 is 11.9 Å². The Balaban J connectivity index is 1.93. The van der Waals surface area contributed by atoms with Gasteiger partial charge in [-0.25, -0.2) is 4.79 Å². The Labute approximate surface area is 152 Å². The van der Waals surface area contributed by atoms with Crippen molar-refractivity contribution in [1.29, 1.82) is 0 Å². The number of carboxylic acid groups (broad SMARTS) is 2. The van der Waals surface area contributed by atoms with Crippen molar-refractivity contribution >= 4 is 29.1 Å². The molecule has 0 radical (unpaired) electrons. The number of hydrogen-bond donors (Lipinski definition) is 2. The maximum atomic E-state index is 12.7. The fourth-order valence-electron chi connectivity index (χ4n) is 2.47. The van der Waals surface area contributed by atoms with Crippen LogP contribution in [0.25, 0.3) is 11.3 Å². The Kier molecular flexibility index (Phi) is 4.73. The Hall–Kier alpha value is -3.19. The number of rotatable bonds is 6. The van der Waals surface area contributed by atoms with E-state index in [9.17, 15) is 19.5 Å². The number of benzene rings is 1. The number of aromatic carboxylic acids is 1. The molecule has 1 unspecified atom stereocenters. The van der Waals surface area contributed by atoms with E-state index in [1.807, 2.05) is 0 Å². The molecule has 0 amide bonds. The molecular formula is C19H14O6S. The average Bonchev–Trinajstić information content (AvgIpc) is 3.30. The van der Waals surface area contributed by atoms with Crippen LogP contribution >= 0.6 is 11.3 Å². The minimum absolute atomic E-state index is 0.0169. The van der Waals surface area contributed by atoms with E-state index in [1.165, 1.54) is 12.3 Å². The molecule has 1 aromatic carbocycles. The molecule has 1 atom stereocenters. The predicted octanol–water partition coefficient (Wildman–Crippen LogP) is 4.13. The summed E-state index contributed by atoms with van der Waals surface area (Å²) in [4.78, 5) is 36.0. The second-order valence-electron chi connectivity index (χ2n) is 5.64. The van der Waals surface area contributed by atoms with Gasteiger partial charge < -0.3 is 14.6 Å². The predicted molar refractivity (Wildman–Crippen MR) is 94.9 cm³/mol. The monoisotopic (exact) mass is 370 g/mol. The van der Waals surface area contributed by atoms with Crippen LogP contribution in [-0.2, 0) is 4.79 Å². The Morgan fingerprint density at radius 1 is 1.08 bits per heavy atom. The second-order valence-corrected chi connectivity index (χ2v) is 6.76. The zero-order valence-corrected chi connectivity index (χ0v) is 14.4. The Morgan fingerprint density at radius 3 is 2.54 bits per heavy atom. The van der Waals surface area contributed by atoms with E-state index in [2.05, 4.69) is 0 Å². The van der Waals surface area contributed by atoms with Gasteiger partial charge in [-0.3, -0.25) is 9.59 Å². The number of ketones is 1. The van der Waals surface area contributed by atoms with Crippen LogP contribution in [-0.4, -0.2) is 27.9 Å². The summed E-state index contributed by atoms with van der Waals surface area (Å²) >= 11 is 1.14. The van der Waals surface area contributed by atoms with E-state index >= 15 is 0 Å². The van der Waals surface area contributed by atoms with Gasteiger partial charge in [-0.05, 0) is 31.2 Å². The zero-order chi connectivity index (χ0) is 18.8. The third-order valence-electron chi connectivity index (χ3n) is 3.93. The molecule has 132 valence electrons. The summed E-state index contributed by atoms with van der Waals surface area (Å²) in [5.41, 5.74) is 0.865. The van der Waals surface area contributed by atoms with E-state index in [4.69, 9.17) is 9.52 Å². The molecule has 3 aromatic rings. The van der Waals surface area contributed by atoms with Crippen molar-refractivity contribution in [3.8, 4) is 11.3 Å². The van der Waals surface area contributed by atoms with Crippen molar-refractivity contribution < 1.29 is 29.0 Å². The minimum Gasteiger partial charge on any atom is -0.481 e. The van der Waals surface area contributed by atoms with Gasteiger partial charge in [0.05, 0.1) is 17.1 Å². The number of aliphatic carboxylic acids is 1. The third kappa shape index (κ3) is 3.29. The summed E-state index contributed by atoms with van der Waals surface area (Å²) in [6.07, 6.45) is 1.28. The van der Waals surface area contributed by atoms with Gasteiger partial charge in [-0.2, -0.15) is 0 Å². The molecular weight excluding hydrogens is 356 g/mol. The molecule has 0 saturated heterocycles. The van der Waals surface area contributed by atoms with Crippen LogP contribution in [0.4, 0.5) is 0 Å². The highest BCUT2D eigenvalue weighted by molar-refractivity contribution is 7.14. The van der Waals surface area contributed by atoms with Crippen LogP contribution in [0.3, 0.4) is 0 Å². The van der Waals surface area contributed by atoms with Crippen molar-refractivity contribution in [2.75, 3.05) is 0 Å². The van der Waals surface area contributed by atoms with E-state index in [1.54, 1.807) is 43.3 Å². The van der Waals surface area contributed by atoms with Crippen molar-refractivity contribution in [2.45, 2.75) is 12.8 Å². The van der Waals surface area contributed by atoms with Gasteiger partial charge in [0.1, 0.15) is 11.3 Å². The smallest absolute Gasteiger partial charge is 0.339 e. The summed E-state index contributed by atoms with van der Waals surface area (Å²) in [5, 5.41) is 18.3. The van der Waals surface area contributed by atoms with Crippen LogP contribution in [0.15, 0.2) is 53.1 Å². The molecule has 0 saturated carbocycles. The molecule has 0 spiro atoms. The molecule has 0 aliphatic heterocycles. The van der Waals surface area contributed by atoms with Crippen LogP contribution in [0.5, 0.6) is 0 Å². The second kappa shape index (κ2) is 6.97. The highest BCUT2D eigenvalue weighted by Crippen LogP contribution is 2.29. The van der Waals surface area contributed by atoms with Gasteiger partial charge in [0, 0.05) is 16.0 Å². The molecule has 6 nitrogen and oxygen atoms in total. The van der Waals surface area contributed by atoms with E-state index in [-0.39, 0.29) is 17.1 Å². The van der Waals surface area contributed by atoms with Crippen LogP contribution in [0.2, 0.25) is 0 Å². The normalized spacial score (nSPS) is 11.9. The molecule has 0 bridgehead atoms. The fourth-order valence-corrected chi connectivity index (χ4v) is 3.49. The molecule has 0 fully saturated rings.